The quantitative estimate of drug-likeness (QED) is 0.322. The van der Waals surface area contributed by atoms with Crippen molar-refractivity contribution >= 4 is 28.9 Å². The molecule has 0 saturated carbocycles. The van der Waals surface area contributed by atoms with Crippen LogP contribution in [0.25, 0.3) is 11.4 Å². The van der Waals surface area contributed by atoms with Gasteiger partial charge in [0, 0.05) is 63.1 Å². The van der Waals surface area contributed by atoms with E-state index in [1.165, 1.54) is 0 Å². The zero-order chi connectivity index (χ0) is 28.2. The maximum absolute atomic E-state index is 13.2. The van der Waals surface area contributed by atoms with Crippen LogP contribution < -0.4 is 20.3 Å². The van der Waals surface area contributed by atoms with Crippen LogP contribution in [-0.4, -0.2) is 65.7 Å². The molecule has 0 atom stereocenters. The van der Waals surface area contributed by atoms with E-state index in [1.54, 1.807) is 13.3 Å². The summed E-state index contributed by atoms with van der Waals surface area (Å²) in [6.45, 7) is 8.14. The Kier molecular flexibility index (Phi) is 8.02. The number of hydrogen-bond acceptors (Lipinski definition) is 7. The molecule has 9 nitrogen and oxygen atoms in total. The number of methoxy groups -OCH3 is 1. The first-order valence-corrected chi connectivity index (χ1v) is 13.6. The number of carbonyl (C=O) groups excluding carboxylic acids is 1. The van der Waals surface area contributed by atoms with Gasteiger partial charge in [-0.25, -0.2) is 9.97 Å². The molecule has 1 saturated heterocycles. The highest BCUT2D eigenvalue weighted by Gasteiger charge is 2.18. The lowest BCUT2D eigenvalue weighted by atomic mass is 10.1. The summed E-state index contributed by atoms with van der Waals surface area (Å²) >= 11 is 0. The van der Waals surface area contributed by atoms with Crippen LogP contribution in [0.15, 0.2) is 60.9 Å². The zero-order valence-corrected chi connectivity index (χ0v) is 23.9. The van der Waals surface area contributed by atoms with Gasteiger partial charge in [0.2, 0.25) is 5.95 Å². The maximum Gasteiger partial charge on any atom is 0.257 e. The number of piperazine rings is 1. The van der Waals surface area contributed by atoms with Crippen LogP contribution in [0.5, 0.6) is 5.75 Å². The summed E-state index contributed by atoms with van der Waals surface area (Å²) < 4.78 is 7.61. The summed E-state index contributed by atoms with van der Waals surface area (Å²) in [5.74, 6) is 1.03. The first-order valence-electron chi connectivity index (χ1n) is 13.6. The summed E-state index contributed by atoms with van der Waals surface area (Å²) in [6.07, 6.45) is 4.38. The maximum atomic E-state index is 13.2. The van der Waals surface area contributed by atoms with Crippen molar-refractivity contribution in [1.82, 2.24) is 19.4 Å². The second-order valence-corrected chi connectivity index (χ2v) is 10.2. The standard InChI is InChI=1S/C31H37N7O2/c1-6-22-9-7-8-21(2)29(22)35-30(39)23-18-27(37(4)20-23)25-12-13-32-31(33-25)34-26-11-10-24(19-28(26)40-5)38-16-14-36(3)15-17-38/h7-13,18-20H,6,14-17H2,1-5H3,(H,35,39)(H,32,33,34). The number of amides is 1. The monoisotopic (exact) mass is 539 g/mol. The van der Waals surface area contributed by atoms with Crippen LogP contribution in [0, 0.1) is 6.92 Å². The molecule has 9 heteroatoms. The number of likely N-dealkylation sites (N-methyl/N-ethyl adjacent to an activating group) is 1. The SMILES string of the molecule is CCc1cccc(C)c1NC(=O)c1cc(-c2ccnc(Nc3ccc(N4CCN(C)CC4)cc3OC)n2)n(C)c1. The number of benzene rings is 2. The highest BCUT2D eigenvalue weighted by Crippen LogP contribution is 2.32. The van der Waals surface area contributed by atoms with E-state index in [0.29, 0.717) is 17.2 Å². The molecule has 1 aliphatic heterocycles. The van der Waals surface area contributed by atoms with Crippen molar-refractivity contribution in [3.8, 4) is 17.1 Å². The molecule has 2 aromatic heterocycles. The summed E-state index contributed by atoms with van der Waals surface area (Å²) in [6, 6.07) is 15.9. The van der Waals surface area contributed by atoms with E-state index in [1.807, 2.05) is 61.1 Å². The minimum absolute atomic E-state index is 0.150. The molecule has 0 radical (unpaired) electrons. The Morgan fingerprint density at radius 3 is 2.60 bits per heavy atom. The molecule has 40 heavy (non-hydrogen) atoms. The van der Waals surface area contributed by atoms with Gasteiger partial charge in [0.15, 0.2) is 0 Å². The largest absolute Gasteiger partial charge is 0.494 e. The molecule has 0 unspecified atom stereocenters. The fourth-order valence-electron chi connectivity index (χ4n) is 5.06. The van der Waals surface area contributed by atoms with Gasteiger partial charge in [0.25, 0.3) is 5.91 Å². The normalized spacial score (nSPS) is 13.8. The van der Waals surface area contributed by atoms with Gasteiger partial charge in [0.05, 0.1) is 29.7 Å². The third-order valence-corrected chi connectivity index (χ3v) is 7.46. The molecule has 0 bridgehead atoms. The number of nitrogens with zero attached hydrogens (tertiary/aromatic N) is 5. The van der Waals surface area contributed by atoms with Crippen LogP contribution in [0.2, 0.25) is 0 Å². The number of hydrogen-bond donors (Lipinski definition) is 2. The lowest BCUT2D eigenvalue weighted by Crippen LogP contribution is -2.44. The number of carbonyl (C=O) groups is 1. The van der Waals surface area contributed by atoms with Crippen molar-refractivity contribution in [3.05, 3.63) is 77.6 Å². The van der Waals surface area contributed by atoms with Gasteiger partial charge >= 0.3 is 0 Å². The van der Waals surface area contributed by atoms with E-state index < -0.39 is 0 Å². The van der Waals surface area contributed by atoms with Crippen LogP contribution in [0.3, 0.4) is 0 Å². The number of rotatable bonds is 8. The van der Waals surface area contributed by atoms with Crippen molar-refractivity contribution in [2.75, 3.05) is 55.9 Å². The zero-order valence-electron chi connectivity index (χ0n) is 23.9. The van der Waals surface area contributed by atoms with E-state index >= 15 is 0 Å². The van der Waals surface area contributed by atoms with E-state index in [2.05, 4.69) is 51.5 Å². The summed E-state index contributed by atoms with van der Waals surface area (Å²) in [4.78, 5) is 27.1. The molecule has 4 aromatic rings. The van der Waals surface area contributed by atoms with Crippen LogP contribution in [0.1, 0.15) is 28.4 Å². The van der Waals surface area contributed by atoms with Crippen molar-refractivity contribution in [1.29, 1.82) is 0 Å². The molecule has 3 heterocycles. The Morgan fingerprint density at radius 1 is 1.05 bits per heavy atom. The minimum Gasteiger partial charge on any atom is -0.494 e. The smallest absolute Gasteiger partial charge is 0.257 e. The second kappa shape index (κ2) is 11.8. The molecule has 0 spiro atoms. The van der Waals surface area contributed by atoms with E-state index in [-0.39, 0.29) is 5.91 Å². The van der Waals surface area contributed by atoms with Crippen LogP contribution in [0.4, 0.5) is 23.0 Å². The number of ether oxygens (including phenoxy) is 1. The molecule has 2 aromatic carbocycles. The summed E-state index contributed by atoms with van der Waals surface area (Å²) in [5.41, 5.74) is 7.04. The van der Waals surface area contributed by atoms with Gasteiger partial charge < -0.3 is 29.7 Å². The first kappa shape index (κ1) is 27.2. The van der Waals surface area contributed by atoms with Crippen molar-refractivity contribution in [2.24, 2.45) is 7.05 Å². The van der Waals surface area contributed by atoms with Gasteiger partial charge in [0.1, 0.15) is 5.75 Å². The molecule has 5 rings (SSSR count). The fourth-order valence-corrected chi connectivity index (χ4v) is 5.06. The van der Waals surface area contributed by atoms with Crippen molar-refractivity contribution < 1.29 is 9.53 Å². The average molecular weight is 540 g/mol. The second-order valence-electron chi connectivity index (χ2n) is 10.2. The lowest BCUT2D eigenvalue weighted by molar-refractivity contribution is 0.102. The Balaban J connectivity index is 1.34. The molecule has 2 N–H and O–H groups in total. The van der Waals surface area contributed by atoms with Crippen molar-refractivity contribution in [2.45, 2.75) is 20.3 Å². The number of para-hydroxylation sites is 1. The third-order valence-electron chi connectivity index (χ3n) is 7.46. The third kappa shape index (κ3) is 5.79. The van der Waals surface area contributed by atoms with Gasteiger partial charge in [-0.1, -0.05) is 25.1 Å². The Bertz CT molecular complexity index is 1510. The molecule has 0 aliphatic carbocycles. The molecule has 208 valence electrons. The number of aromatic nitrogens is 3. The molecule has 1 aliphatic rings. The number of aryl methyl sites for hydroxylation is 3. The van der Waals surface area contributed by atoms with Crippen molar-refractivity contribution in [3.63, 3.8) is 0 Å². The predicted octanol–water partition coefficient (Wildman–Crippen LogP) is 5.11. The Hall–Kier alpha value is -4.37. The fraction of sp³-hybridized carbons (Fsp3) is 0.323. The average Bonchev–Trinajstić information content (AvgIpc) is 3.36. The highest BCUT2D eigenvalue weighted by molar-refractivity contribution is 6.05. The number of anilines is 4. The topological polar surface area (TPSA) is 87.6 Å². The molecule has 1 fully saturated rings. The summed E-state index contributed by atoms with van der Waals surface area (Å²) in [5, 5.41) is 6.42. The Morgan fingerprint density at radius 2 is 1.85 bits per heavy atom. The van der Waals surface area contributed by atoms with Gasteiger partial charge in [-0.2, -0.15) is 0 Å². The Labute approximate surface area is 235 Å². The molecular weight excluding hydrogens is 502 g/mol. The van der Waals surface area contributed by atoms with Crippen LogP contribution >= 0.6 is 0 Å². The lowest BCUT2D eigenvalue weighted by Gasteiger charge is -2.34. The van der Waals surface area contributed by atoms with E-state index in [4.69, 9.17) is 9.72 Å². The van der Waals surface area contributed by atoms with Gasteiger partial charge in [-0.3, -0.25) is 4.79 Å². The van der Waals surface area contributed by atoms with Gasteiger partial charge in [-0.15, -0.1) is 0 Å². The first-order chi connectivity index (χ1) is 19.4. The predicted molar refractivity (Wildman–Crippen MR) is 161 cm³/mol. The summed E-state index contributed by atoms with van der Waals surface area (Å²) in [7, 11) is 5.73. The molecular formula is C31H37N7O2. The minimum atomic E-state index is -0.150. The number of nitrogens with one attached hydrogen (secondary N) is 2. The highest BCUT2D eigenvalue weighted by atomic mass is 16.5. The molecule has 1 amide bonds. The van der Waals surface area contributed by atoms with Gasteiger partial charge in [-0.05, 0) is 55.8 Å². The van der Waals surface area contributed by atoms with E-state index in [0.717, 1.165) is 72.2 Å². The van der Waals surface area contributed by atoms with Crippen LogP contribution in [-0.2, 0) is 13.5 Å². The van der Waals surface area contributed by atoms with E-state index in [9.17, 15) is 4.79 Å².